The van der Waals surface area contributed by atoms with E-state index in [1.165, 1.54) is 22.3 Å². The average Bonchev–Trinajstić information content (AvgIpc) is 3.08. The predicted octanol–water partition coefficient (Wildman–Crippen LogP) is -1.88. The van der Waals surface area contributed by atoms with Gasteiger partial charge >= 0.3 is 26.2 Å². The van der Waals surface area contributed by atoms with Crippen molar-refractivity contribution in [2.45, 2.75) is 12.8 Å². The first-order valence-corrected chi connectivity index (χ1v) is 6.22. The molecule has 0 N–H and O–H groups in total. The van der Waals surface area contributed by atoms with Crippen molar-refractivity contribution in [3.05, 3.63) is 82.9 Å². The zero-order chi connectivity index (χ0) is 12.2. The molecule has 2 aliphatic carbocycles. The van der Waals surface area contributed by atoms with Crippen LogP contribution in [0.3, 0.4) is 0 Å². The molecule has 0 saturated carbocycles. The Labute approximate surface area is 158 Å². The Morgan fingerprint density at radius 2 is 1.00 bits per heavy atom. The molecule has 0 bridgehead atoms. The first-order chi connectivity index (χ1) is 8.93. The molecule has 0 saturated heterocycles. The molecule has 21 heavy (non-hydrogen) atoms. The van der Waals surface area contributed by atoms with E-state index in [2.05, 4.69) is 72.8 Å². The summed E-state index contributed by atoms with van der Waals surface area (Å²) in [6, 6.07) is 16.8. The molecular formula is C18H14Cl2Zr. The van der Waals surface area contributed by atoms with Crippen molar-refractivity contribution in [3.63, 3.8) is 0 Å². The number of benzene rings is 2. The number of rotatable bonds is 0. The van der Waals surface area contributed by atoms with Crippen LogP contribution in [0.1, 0.15) is 22.3 Å². The molecule has 0 fully saturated rings. The summed E-state index contributed by atoms with van der Waals surface area (Å²) in [6.07, 6.45) is 12.4. The maximum Gasteiger partial charge on any atom is 4.00 e. The Kier molecular flexibility index (Phi) is 9.87. The summed E-state index contributed by atoms with van der Waals surface area (Å²) in [5.74, 6) is 0. The largest absolute Gasteiger partial charge is 4.00 e. The van der Waals surface area contributed by atoms with Crippen LogP contribution < -0.4 is 24.8 Å². The van der Waals surface area contributed by atoms with Gasteiger partial charge in [-0.1, -0.05) is 36.4 Å². The van der Waals surface area contributed by atoms with E-state index in [0.29, 0.717) is 0 Å². The summed E-state index contributed by atoms with van der Waals surface area (Å²) in [7, 11) is 0. The van der Waals surface area contributed by atoms with E-state index in [-0.39, 0.29) is 51.0 Å². The number of fused-ring (bicyclic) bond motifs is 2. The molecule has 0 aromatic heterocycles. The molecule has 0 radical (unpaired) electrons. The summed E-state index contributed by atoms with van der Waals surface area (Å²) in [6.45, 7) is 0. The van der Waals surface area contributed by atoms with Gasteiger partial charge in [-0.05, 0) is 0 Å². The van der Waals surface area contributed by atoms with Crippen LogP contribution in [0.5, 0.6) is 0 Å². The third-order valence-electron chi connectivity index (χ3n) is 3.21. The van der Waals surface area contributed by atoms with Crippen LogP contribution in [-0.4, -0.2) is 0 Å². The summed E-state index contributed by atoms with van der Waals surface area (Å²) < 4.78 is 0. The third-order valence-corrected chi connectivity index (χ3v) is 3.21. The van der Waals surface area contributed by atoms with E-state index in [1.807, 2.05) is 0 Å². The van der Waals surface area contributed by atoms with Crippen molar-refractivity contribution < 1.29 is 51.0 Å². The molecule has 4 rings (SSSR count). The Balaban J connectivity index is 0.000000333. The molecule has 104 valence electrons. The van der Waals surface area contributed by atoms with Gasteiger partial charge in [0.05, 0.1) is 0 Å². The Hall–Kier alpha value is -0.617. The topological polar surface area (TPSA) is 0 Å². The molecule has 0 nitrogen and oxygen atoms in total. The van der Waals surface area contributed by atoms with Gasteiger partial charge in [0, 0.05) is 0 Å². The van der Waals surface area contributed by atoms with Crippen LogP contribution in [0, 0.1) is 12.2 Å². The minimum Gasteiger partial charge on any atom is -1.00 e. The van der Waals surface area contributed by atoms with Crippen molar-refractivity contribution in [1.82, 2.24) is 0 Å². The standard InChI is InChI=1S/2C9H7.2ClH.Zr/c2*1-2-5-9-7-3-6-8(9)4-1;;;/h2*1-2,4-6H,7H2;2*1H;/q2*-1;;;+4/p-2. The predicted molar refractivity (Wildman–Crippen MR) is 75.7 cm³/mol. The van der Waals surface area contributed by atoms with Gasteiger partial charge in [-0.25, -0.2) is 12.2 Å². The minimum atomic E-state index is 0. The number of hydrogen-bond donors (Lipinski definition) is 0. The van der Waals surface area contributed by atoms with Gasteiger partial charge in [-0.15, -0.1) is 36.1 Å². The van der Waals surface area contributed by atoms with E-state index in [4.69, 9.17) is 0 Å². The first kappa shape index (κ1) is 20.4. The van der Waals surface area contributed by atoms with Crippen molar-refractivity contribution in [2.24, 2.45) is 0 Å². The SMILES string of the molecule is [C-]1=Cc2ccccc2C1.[C-]1=Cc2ccccc2C1.[Cl-].[Cl-].[Zr+4]. The Morgan fingerprint density at radius 1 is 0.619 bits per heavy atom. The van der Waals surface area contributed by atoms with Crippen LogP contribution in [0.25, 0.3) is 12.2 Å². The second-order valence-corrected chi connectivity index (χ2v) is 4.45. The van der Waals surface area contributed by atoms with Crippen LogP contribution >= 0.6 is 0 Å². The normalized spacial score (nSPS) is 11.8. The Bertz CT molecular complexity index is 563. The monoisotopic (exact) mass is 390 g/mol. The van der Waals surface area contributed by atoms with E-state index in [1.54, 1.807) is 0 Å². The van der Waals surface area contributed by atoms with Crippen molar-refractivity contribution in [3.8, 4) is 0 Å². The summed E-state index contributed by atoms with van der Waals surface area (Å²) in [5.41, 5.74) is 5.46. The van der Waals surface area contributed by atoms with Gasteiger partial charge in [0.15, 0.2) is 0 Å². The van der Waals surface area contributed by atoms with Crippen molar-refractivity contribution >= 4 is 12.2 Å². The zero-order valence-electron chi connectivity index (χ0n) is 11.4. The van der Waals surface area contributed by atoms with Gasteiger partial charge in [0.25, 0.3) is 0 Å². The molecule has 0 spiro atoms. The molecule has 3 heteroatoms. The van der Waals surface area contributed by atoms with Crippen LogP contribution in [0.4, 0.5) is 0 Å². The molecule has 0 amide bonds. The zero-order valence-corrected chi connectivity index (χ0v) is 15.4. The van der Waals surface area contributed by atoms with Gasteiger partial charge in [0.2, 0.25) is 0 Å². The van der Waals surface area contributed by atoms with E-state index in [9.17, 15) is 0 Å². The summed E-state index contributed by atoms with van der Waals surface area (Å²) >= 11 is 0. The molecule has 0 unspecified atom stereocenters. The Morgan fingerprint density at radius 3 is 1.38 bits per heavy atom. The van der Waals surface area contributed by atoms with Crippen LogP contribution in [-0.2, 0) is 39.0 Å². The van der Waals surface area contributed by atoms with Crippen LogP contribution in [0.15, 0.2) is 48.5 Å². The molecular weight excluding hydrogens is 378 g/mol. The maximum atomic E-state index is 3.16. The number of allylic oxidation sites excluding steroid dienone is 2. The first-order valence-electron chi connectivity index (χ1n) is 6.22. The van der Waals surface area contributed by atoms with Gasteiger partial charge in [-0.2, -0.15) is 11.1 Å². The molecule has 2 aromatic carbocycles. The maximum absolute atomic E-state index is 3.16. The van der Waals surface area contributed by atoms with Gasteiger partial charge in [0.1, 0.15) is 0 Å². The number of hydrogen-bond acceptors (Lipinski definition) is 0. The molecule has 2 aromatic rings. The fourth-order valence-corrected chi connectivity index (χ4v) is 2.21. The minimum absolute atomic E-state index is 0. The van der Waals surface area contributed by atoms with E-state index in [0.717, 1.165) is 12.8 Å². The fraction of sp³-hybridized carbons (Fsp3) is 0.111. The second-order valence-electron chi connectivity index (χ2n) is 4.45. The average molecular weight is 392 g/mol. The van der Waals surface area contributed by atoms with Gasteiger partial charge < -0.3 is 24.8 Å². The molecule has 0 atom stereocenters. The quantitative estimate of drug-likeness (QED) is 0.461. The molecule has 0 heterocycles. The van der Waals surface area contributed by atoms with Gasteiger partial charge in [-0.3, -0.25) is 12.2 Å². The fourth-order valence-electron chi connectivity index (χ4n) is 2.21. The van der Waals surface area contributed by atoms with E-state index >= 15 is 0 Å². The smallest absolute Gasteiger partial charge is 1.00 e. The van der Waals surface area contributed by atoms with E-state index < -0.39 is 0 Å². The summed E-state index contributed by atoms with van der Waals surface area (Å²) in [4.78, 5) is 0. The third kappa shape index (κ3) is 5.26. The second kappa shape index (κ2) is 10.2. The number of halogens is 2. The summed E-state index contributed by atoms with van der Waals surface area (Å²) in [5, 5.41) is 0. The van der Waals surface area contributed by atoms with Crippen molar-refractivity contribution in [2.75, 3.05) is 0 Å². The molecule has 2 aliphatic rings. The van der Waals surface area contributed by atoms with Crippen molar-refractivity contribution in [1.29, 1.82) is 0 Å². The van der Waals surface area contributed by atoms with Crippen LogP contribution in [0.2, 0.25) is 0 Å². The molecule has 0 aliphatic heterocycles.